The van der Waals surface area contributed by atoms with E-state index in [4.69, 9.17) is 44.2 Å². The molecule has 0 aliphatic carbocycles. The average Bonchev–Trinajstić information content (AvgIpc) is 3.41. The number of nitrogens with zero attached hydrogens (tertiary/aromatic N) is 2. The highest BCUT2D eigenvalue weighted by atomic mass is 15.1. The smallest absolute Gasteiger partial charge is 0.114 e. The van der Waals surface area contributed by atoms with E-state index < -0.39 is 0 Å². The second kappa shape index (κ2) is 10.2. The topological polar surface area (TPSA) is 17.8 Å². The molecule has 7 rings (SSSR count). The van der Waals surface area contributed by atoms with Crippen molar-refractivity contribution in [1.29, 1.82) is 0 Å². The van der Waals surface area contributed by atoms with Crippen molar-refractivity contribution in [1.82, 2.24) is 9.55 Å². The molecule has 186 valence electrons. The molecular weight excluding hydrogens is 502 g/mol. The summed E-state index contributed by atoms with van der Waals surface area (Å²) in [5.74, 6) is 0.975. The third kappa shape index (κ3) is 3.90. The Kier molecular flexibility index (Phi) is 6.42. The maximum atomic E-state index is 6.71. The molecule has 0 N–H and O–H groups in total. The zero-order chi connectivity index (χ0) is 29.1. The highest BCUT2D eigenvalue weighted by molar-refractivity contribution is 6.69. The number of benzene rings is 6. The summed E-state index contributed by atoms with van der Waals surface area (Å²) in [6, 6.07) is 33.3. The summed E-state index contributed by atoms with van der Waals surface area (Å²) in [6.45, 7) is 2.13. The average molecular weight is 524 g/mol. The Morgan fingerprint density at radius 3 is 1.86 bits per heavy atom. The van der Waals surface area contributed by atoms with Gasteiger partial charge >= 0.3 is 0 Å². The first-order chi connectivity index (χ1) is 20.4. The van der Waals surface area contributed by atoms with E-state index in [0.717, 1.165) is 67.2 Å². The van der Waals surface area contributed by atoms with Crippen LogP contribution in [0.3, 0.4) is 0 Å². The predicted octanol–water partition coefficient (Wildman–Crippen LogP) is 3.20. The summed E-state index contributed by atoms with van der Waals surface area (Å²) >= 11 is 0. The predicted molar refractivity (Wildman–Crippen MR) is 183 cm³/mol. The van der Waals surface area contributed by atoms with Gasteiger partial charge in [0.15, 0.2) is 0 Å². The maximum Gasteiger partial charge on any atom is 0.114 e. The zero-order valence-electron chi connectivity index (χ0n) is 23.2. The summed E-state index contributed by atoms with van der Waals surface area (Å²) < 4.78 is 2.28. The summed E-state index contributed by atoms with van der Waals surface area (Å²) in [5.41, 5.74) is 7.91. The molecular formula is C35H21B5N2. The van der Waals surface area contributed by atoms with E-state index in [9.17, 15) is 0 Å². The van der Waals surface area contributed by atoms with E-state index >= 15 is 0 Å². The number of hydrogen-bond donors (Lipinski definition) is 0. The van der Waals surface area contributed by atoms with Crippen LogP contribution in [0.1, 0.15) is 12.7 Å². The first-order valence-corrected chi connectivity index (χ1v) is 13.9. The molecule has 1 heterocycles. The molecule has 0 amide bonds. The molecule has 10 radical (unpaired) electrons. The molecule has 1 aromatic heterocycles. The van der Waals surface area contributed by atoms with Crippen molar-refractivity contribution < 1.29 is 0 Å². The fraction of sp³-hybridized carbons (Fsp3) is 0.0571. The molecule has 0 unspecified atom stereocenters. The van der Waals surface area contributed by atoms with E-state index in [1.807, 2.05) is 42.5 Å². The van der Waals surface area contributed by atoms with Gasteiger partial charge in [0.2, 0.25) is 0 Å². The summed E-state index contributed by atoms with van der Waals surface area (Å²) in [4.78, 5) is 5.00. The molecule has 6 aromatic carbocycles. The lowest BCUT2D eigenvalue weighted by Gasteiger charge is -2.25. The van der Waals surface area contributed by atoms with Gasteiger partial charge in [-0.1, -0.05) is 96.7 Å². The highest BCUT2D eigenvalue weighted by Gasteiger charge is 2.23. The van der Waals surface area contributed by atoms with Crippen LogP contribution in [0.5, 0.6) is 0 Å². The molecule has 0 spiro atoms. The Labute approximate surface area is 252 Å². The third-order valence-corrected chi connectivity index (χ3v) is 8.22. The van der Waals surface area contributed by atoms with Crippen LogP contribution in [0.2, 0.25) is 0 Å². The second-order valence-corrected chi connectivity index (χ2v) is 10.5. The van der Waals surface area contributed by atoms with Gasteiger partial charge in [0, 0.05) is 17.2 Å². The van der Waals surface area contributed by atoms with Crippen LogP contribution in [0, 0.1) is 0 Å². The quantitative estimate of drug-likeness (QED) is 0.256. The van der Waals surface area contributed by atoms with Crippen molar-refractivity contribution in [3.05, 3.63) is 103 Å². The zero-order valence-corrected chi connectivity index (χ0v) is 23.2. The van der Waals surface area contributed by atoms with Gasteiger partial charge in [-0.25, -0.2) is 4.98 Å². The second-order valence-electron chi connectivity index (χ2n) is 10.5. The lowest BCUT2D eigenvalue weighted by atomic mass is 9.59. The molecule has 7 aromatic rings. The molecule has 2 nitrogen and oxygen atoms in total. The number of imidazole rings is 1. The maximum absolute atomic E-state index is 6.71. The lowest BCUT2D eigenvalue weighted by Crippen LogP contribution is -2.55. The van der Waals surface area contributed by atoms with Gasteiger partial charge in [-0.05, 0) is 51.2 Å². The van der Waals surface area contributed by atoms with Crippen molar-refractivity contribution in [2.75, 3.05) is 0 Å². The van der Waals surface area contributed by atoms with E-state index in [2.05, 4.69) is 66.1 Å². The Balaban J connectivity index is 1.73. The van der Waals surface area contributed by atoms with Crippen molar-refractivity contribution in [3.8, 4) is 27.9 Å². The number of para-hydroxylation sites is 2. The van der Waals surface area contributed by atoms with Crippen LogP contribution in [0.4, 0.5) is 0 Å². The Morgan fingerprint density at radius 1 is 0.548 bits per heavy atom. The number of hydrogen-bond acceptors (Lipinski definition) is 1. The van der Waals surface area contributed by atoms with Crippen molar-refractivity contribution in [3.63, 3.8) is 0 Å². The van der Waals surface area contributed by atoms with Crippen LogP contribution >= 0.6 is 0 Å². The van der Waals surface area contributed by atoms with Gasteiger partial charge in [-0.3, -0.25) is 4.57 Å². The lowest BCUT2D eigenvalue weighted by molar-refractivity contribution is 0.917. The Morgan fingerprint density at radius 2 is 1.14 bits per heavy atom. The van der Waals surface area contributed by atoms with E-state index in [0.29, 0.717) is 16.5 Å². The van der Waals surface area contributed by atoms with E-state index in [-0.39, 0.29) is 16.4 Å². The van der Waals surface area contributed by atoms with Crippen molar-refractivity contribution >= 4 is 99.1 Å². The molecule has 0 fully saturated rings. The summed E-state index contributed by atoms with van der Waals surface area (Å²) in [5, 5.41) is 3.98. The Bertz CT molecular complexity index is 2160. The van der Waals surface area contributed by atoms with E-state index in [1.54, 1.807) is 0 Å². The fourth-order valence-corrected chi connectivity index (χ4v) is 6.16. The minimum atomic E-state index is 0.196. The van der Waals surface area contributed by atoms with Gasteiger partial charge < -0.3 is 0 Å². The van der Waals surface area contributed by atoms with Gasteiger partial charge in [0.25, 0.3) is 0 Å². The van der Waals surface area contributed by atoms with Crippen LogP contribution in [-0.2, 0) is 6.42 Å². The number of fused-ring (bicyclic) bond motifs is 3. The molecule has 0 bridgehead atoms. The molecule has 7 heteroatoms. The molecule has 0 saturated carbocycles. The minimum absolute atomic E-state index is 0.196. The Hall–Kier alpha value is -4.37. The van der Waals surface area contributed by atoms with Gasteiger partial charge in [0.05, 0.1) is 16.7 Å². The summed E-state index contributed by atoms with van der Waals surface area (Å²) in [6.07, 6.45) is 0.763. The van der Waals surface area contributed by atoms with Crippen molar-refractivity contribution in [2.24, 2.45) is 0 Å². The molecule has 42 heavy (non-hydrogen) atoms. The summed E-state index contributed by atoms with van der Waals surface area (Å²) in [7, 11) is 32.5. The highest BCUT2D eigenvalue weighted by Crippen LogP contribution is 2.42. The minimum Gasteiger partial charge on any atom is -0.295 e. The number of rotatable bonds is 4. The van der Waals surface area contributed by atoms with E-state index in [1.165, 1.54) is 0 Å². The van der Waals surface area contributed by atoms with Gasteiger partial charge in [-0.15, -0.1) is 16.4 Å². The first-order valence-electron chi connectivity index (χ1n) is 13.9. The normalized spacial score (nSPS) is 11.5. The monoisotopic (exact) mass is 524 g/mol. The molecule has 0 aliphatic heterocycles. The third-order valence-electron chi connectivity index (χ3n) is 8.22. The molecule has 0 saturated heterocycles. The number of aryl methyl sites for hydroxylation is 1. The number of aromatic nitrogens is 2. The van der Waals surface area contributed by atoms with Crippen LogP contribution in [0.25, 0.3) is 60.5 Å². The van der Waals surface area contributed by atoms with Crippen LogP contribution in [-0.4, -0.2) is 48.8 Å². The van der Waals surface area contributed by atoms with Crippen LogP contribution < -0.4 is 27.3 Å². The molecule has 0 atom stereocenters. The van der Waals surface area contributed by atoms with Gasteiger partial charge in [0.1, 0.15) is 45.1 Å². The molecule has 0 aliphatic rings. The fourth-order valence-electron chi connectivity index (χ4n) is 6.16. The van der Waals surface area contributed by atoms with Gasteiger partial charge in [-0.2, -0.15) is 0 Å². The van der Waals surface area contributed by atoms with Crippen molar-refractivity contribution in [2.45, 2.75) is 13.3 Å². The SMILES string of the molecule is [B]c1c([B])c([B])c(-c2c3ccccc3c(-n3c(CC)nc4ccccc43)c3ccc(-c4ccccc4)cc23)c([B])c1[B]. The van der Waals surface area contributed by atoms with Crippen LogP contribution in [0.15, 0.2) is 97.1 Å². The largest absolute Gasteiger partial charge is 0.295 e. The standard InChI is InChI=1S/C35H21B5N2/c1-2-27-41-25-14-8-9-15-26(25)42(27)35-22-13-7-6-12-21(22)28(29-30(36)32(38)34(40)33(39)31(29)37)24-18-20(16-17-23(24)35)19-10-4-3-5-11-19/h3-18H,2H2,1H3. The first kappa shape index (κ1) is 26.5.